The summed E-state index contributed by atoms with van der Waals surface area (Å²) < 4.78 is 33.6. The molecule has 0 aliphatic heterocycles. The Morgan fingerprint density at radius 3 is 2.13 bits per heavy atom. The van der Waals surface area contributed by atoms with E-state index in [0.717, 1.165) is 9.87 Å². The zero-order valence-electron chi connectivity index (χ0n) is 21.2. The largest absolute Gasteiger partial charge is 0.497 e. The number of anilines is 1. The summed E-state index contributed by atoms with van der Waals surface area (Å²) in [5, 5.41) is 3.14. The minimum atomic E-state index is -4.20. The van der Waals surface area contributed by atoms with E-state index in [0.29, 0.717) is 12.3 Å². The van der Waals surface area contributed by atoms with Gasteiger partial charge in [0.05, 0.1) is 17.7 Å². The monoisotopic (exact) mass is 577 g/mol. The fourth-order valence-electron chi connectivity index (χ4n) is 3.76. The van der Waals surface area contributed by atoms with Gasteiger partial charge in [-0.1, -0.05) is 53.5 Å². The number of methoxy groups -OCH3 is 1. The second-order valence-corrected chi connectivity index (χ2v) is 11.1. The number of amides is 2. The number of carbonyl (C=O) groups excluding carboxylic acids is 2. The first-order valence-electron chi connectivity index (χ1n) is 11.8. The van der Waals surface area contributed by atoms with Crippen molar-refractivity contribution in [2.45, 2.75) is 31.3 Å². The molecule has 0 spiro atoms. The van der Waals surface area contributed by atoms with Crippen LogP contribution in [-0.4, -0.2) is 51.4 Å². The van der Waals surface area contributed by atoms with Crippen LogP contribution in [0.5, 0.6) is 5.75 Å². The minimum Gasteiger partial charge on any atom is -0.497 e. The summed E-state index contributed by atoms with van der Waals surface area (Å²) in [7, 11) is -2.66. The molecule has 3 rings (SSSR count). The Kier molecular flexibility index (Phi) is 10.0. The molecule has 2 amide bonds. The number of benzene rings is 3. The molecule has 0 saturated carbocycles. The maximum atomic E-state index is 13.8. The Hall–Kier alpha value is -3.27. The molecule has 0 aliphatic carbocycles. The Bertz CT molecular complexity index is 1350. The topological polar surface area (TPSA) is 96.0 Å². The van der Waals surface area contributed by atoms with Gasteiger partial charge in [-0.3, -0.25) is 13.9 Å². The first-order valence-corrected chi connectivity index (χ1v) is 14.0. The Morgan fingerprint density at radius 2 is 1.58 bits per heavy atom. The van der Waals surface area contributed by atoms with Gasteiger partial charge >= 0.3 is 0 Å². The van der Waals surface area contributed by atoms with E-state index in [1.807, 2.05) is 0 Å². The van der Waals surface area contributed by atoms with Crippen LogP contribution in [0.4, 0.5) is 5.69 Å². The zero-order valence-corrected chi connectivity index (χ0v) is 23.6. The average Bonchev–Trinajstić information content (AvgIpc) is 2.90. The van der Waals surface area contributed by atoms with Crippen molar-refractivity contribution in [3.63, 3.8) is 0 Å². The Labute approximate surface area is 233 Å². The van der Waals surface area contributed by atoms with Crippen LogP contribution in [0.1, 0.15) is 19.4 Å². The van der Waals surface area contributed by atoms with Gasteiger partial charge in [0, 0.05) is 23.1 Å². The molecule has 0 fully saturated rings. The lowest BCUT2D eigenvalue weighted by molar-refractivity contribution is -0.139. The van der Waals surface area contributed by atoms with Crippen LogP contribution < -0.4 is 14.4 Å². The summed E-state index contributed by atoms with van der Waals surface area (Å²) in [5.74, 6) is -0.311. The first kappa shape index (κ1) is 29.3. The van der Waals surface area contributed by atoms with Crippen LogP contribution in [0.3, 0.4) is 0 Å². The van der Waals surface area contributed by atoms with Crippen molar-refractivity contribution in [1.29, 1.82) is 0 Å². The van der Waals surface area contributed by atoms with Crippen LogP contribution >= 0.6 is 23.2 Å². The van der Waals surface area contributed by atoms with E-state index in [4.69, 9.17) is 27.9 Å². The van der Waals surface area contributed by atoms with Crippen molar-refractivity contribution in [2.24, 2.45) is 0 Å². The van der Waals surface area contributed by atoms with Crippen LogP contribution in [0.25, 0.3) is 0 Å². The predicted molar refractivity (Wildman–Crippen MR) is 149 cm³/mol. The van der Waals surface area contributed by atoms with Crippen molar-refractivity contribution in [2.75, 3.05) is 24.5 Å². The molecule has 0 bridgehead atoms. The number of ether oxygens (including phenoxy) is 1. The molecule has 38 heavy (non-hydrogen) atoms. The summed E-state index contributed by atoms with van der Waals surface area (Å²) in [4.78, 5) is 27.9. The third-order valence-electron chi connectivity index (χ3n) is 5.78. The molecule has 0 heterocycles. The number of nitrogens with one attached hydrogen (secondary N) is 1. The molecule has 8 nitrogen and oxygen atoms in total. The van der Waals surface area contributed by atoms with E-state index in [-0.39, 0.29) is 33.1 Å². The molecule has 0 aromatic heterocycles. The summed E-state index contributed by atoms with van der Waals surface area (Å²) in [5.41, 5.74) is 0.855. The van der Waals surface area contributed by atoms with E-state index in [9.17, 15) is 18.0 Å². The standard InChI is InChI=1S/C27H29Cl2N3O5S/c1-4-30-27(34)19(2)31(17-20-10-12-24(37-3)13-11-20)26(33)18-32(23-15-21(28)14-22(29)16-23)38(35,36)25-8-6-5-7-9-25/h5-16,19H,4,17-18H2,1-3H3,(H,30,34)/t19-/m1/s1. The number of hydrogen-bond acceptors (Lipinski definition) is 5. The highest BCUT2D eigenvalue weighted by atomic mass is 35.5. The average molecular weight is 579 g/mol. The van der Waals surface area contributed by atoms with Crippen molar-refractivity contribution >= 4 is 50.7 Å². The summed E-state index contributed by atoms with van der Waals surface area (Å²) in [6.45, 7) is 3.23. The van der Waals surface area contributed by atoms with Crippen LogP contribution in [0, 0.1) is 0 Å². The lowest BCUT2D eigenvalue weighted by Crippen LogP contribution is -2.51. The molecule has 202 valence electrons. The van der Waals surface area contributed by atoms with Gasteiger partial charge in [0.25, 0.3) is 10.0 Å². The molecular weight excluding hydrogens is 549 g/mol. The summed E-state index contributed by atoms with van der Waals surface area (Å²) >= 11 is 12.4. The highest BCUT2D eigenvalue weighted by Crippen LogP contribution is 2.30. The maximum absolute atomic E-state index is 13.8. The minimum absolute atomic E-state index is 0.0117. The third-order valence-corrected chi connectivity index (χ3v) is 8.00. The zero-order chi connectivity index (χ0) is 27.9. The van der Waals surface area contributed by atoms with E-state index in [1.54, 1.807) is 63.4 Å². The second kappa shape index (κ2) is 13.0. The van der Waals surface area contributed by atoms with Crippen molar-refractivity contribution in [3.8, 4) is 5.75 Å². The quantitative estimate of drug-likeness (QED) is 0.354. The first-order chi connectivity index (χ1) is 18.1. The van der Waals surface area contributed by atoms with Gasteiger partial charge < -0.3 is 15.0 Å². The maximum Gasteiger partial charge on any atom is 0.264 e. The second-order valence-electron chi connectivity index (χ2n) is 8.39. The van der Waals surface area contributed by atoms with Crippen LogP contribution in [0.2, 0.25) is 10.0 Å². The number of sulfonamides is 1. The lowest BCUT2D eigenvalue weighted by atomic mass is 10.1. The van der Waals surface area contributed by atoms with E-state index in [1.165, 1.54) is 35.2 Å². The van der Waals surface area contributed by atoms with E-state index < -0.39 is 28.5 Å². The number of halogens is 2. The molecular formula is C27H29Cl2N3O5S. The predicted octanol–water partition coefficient (Wildman–Crippen LogP) is 4.75. The molecule has 0 radical (unpaired) electrons. The fourth-order valence-corrected chi connectivity index (χ4v) is 5.70. The van der Waals surface area contributed by atoms with Crippen molar-refractivity contribution in [3.05, 3.63) is 88.4 Å². The van der Waals surface area contributed by atoms with Gasteiger partial charge in [-0.25, -0.2) is 8.42 Å². The summed E-state index contributed by atoms with van der Waals surface area (Å²) in [6.07, 6.45) is 0. The third kappa shape index (κ3) is 7.18. The van der Waals surface area contributed by atoms with Gasteiger partial charge in [0.15, 0.2) is 0 Å². The number of carbonyl (C=O) groups is 2. The van der Waals surface area contributed by atoms with Crippen LogP contribution in [-0.2, 0) is 26.2 Å². The van der Waals surface area contributed by atoms with Crippen molar-refractivity contribution < 1.29 is 22.7 Å². The van der Waals surface area contributed by atoms with Gasteiger partial charge in [0.1, 0.15) is 18.3 Å². The SMILES string of the molecule is CCNC(=O)[C@@H](C)N(Cc1ccc(OC)cc1)C(=O)CN(c1cc(Cl)cc(Cl)c1)S(=O)(=O)c1ccccc1. The molecule has 3 aromatic carbocycles. The molecule has 0 saturated heterocycles. The molecule has 1 N–H and O–H groups in total. The molecule has 0 aliphatic rings. The Balaban J connectivity index is 2.04. The smallest absolute Gasteiger partial charge is 0.264 e. The summed E-state index contributed by atoms with van der Waals surface area (Å²) in [6, 6.07) is 18.2. The van der Waals surface area contributed by atoms with Crippen LogP contribution in [0.15, 0.2) is 77.7 Å². The van der Waals surface area contributed by atoms with Gasteiger partial charge in [-0.2, -0.15) is 0 Å². The van der Waals surface area contributed by atoms with E-state index in [2.05, 4.69) is 5.32 Å². The lowest BCUT2D eigenvalue weighted by Gasteiger charge is -2.32. The van der Waals surface area contributed by atoms with Crippen molar-refractivity contribution in [1.82, 2.24) is 10.2 Å². The van der Waals surface area contributed by atoms with Gasteiger partial charge in [0.2, 0.25) is 11.8 Å². The Morgan fingerprint density at radius 1 is 0.974 bits per heavy atom. The molecule has 0 unspecified atom stereocenters. The van der Waals surface area contributed by atoms with Gasteiger partial charge in [-0.05, 0) is 61.9 Å². The number of rotatable bonds is 11. The highest BCUT2D eigenvalue weighted by molar-refractivity contribution is 7.92. The normalized spacial score (nSPS) is 11.9. The fraction of sp³-hybridized carbons (Fsp3) is 0.259. The van der Waals surface area contributed by atoms with E-state index >= 15 is 0 Å². The van der Waals surface area contributed by atoms with Gasteiger partial charge in [-0.15, -0.1) is 0 Å². The molecule has 1 atom stereocenters. The number of hydrogen-bond donors (Lipinski definition) is 1. The number of nitrogens with zero attached hydrogens (tertiary/aromatic N) is 2. The highest BCUT2D eigenvalue weighted by Gasteiger charge is 2.32. The molecule has 11 heteroatoms. The molecule has 3 aromatic rings. The number of likely N-dealkylation sites (N-methyl/N-ethyl adjacent to an activating group) is 1.